The molecule has 0 saturated carbocycles. The maximum absolute atomic E-state index is 15.0. The lowest BCUT2D eigenvalue weighted by Gasteiger charge is -2.28. The van der Waals surface area contributed by atoms with Crippen LogP contribution in [0.25, 0.3) is 22.0 Å². The van der Waals surface area contributed by atoms with Gasteiger partial charge in [-0.15, -0.1) is 0 Å². The van der Waals surface area contributed by atoms with Gasteiger partial charge in [0, 0.05) is 38.4 Å². The minimum Gasteiger partial charge on any atom is -0.497 e. The number of nitrogens with one attached hydrogen (secondary N) is 1. The lowest BCUT2D eigenvalue weighted by molar-refractivity contribution is 0.0341. The van der Waals surface area contributed by atoms with Gasteiger partial charge in [0.1, 0.15) is 17.3 Å². The summed E-state index contributed by atoms with van der Waals surface area (Å²) in [5, 5.41) is 0.0177. The van der Waals surface area contributed by atoms with Gasteiger partial charge in [-0.1, -0.05) is 19.1 Å². The number of rotatable bonds is 10. The van der Waals surface area contributed by atoms with Crippen LogP contribution in [-0.2, 0) is 11.3 Å². The molecule has 1 saturated heterocycles. The van der Waals surface area contributed by atoms with Gasteiger partial charge < -0.3 is 19.2 Å². The number of aromatic amines is 1. The zero-order valence-corrected chi connectivity index (χ0v) is 20.7. The van der Waals surface area contributed by atoms with Crippen LogP contribution in [0.2, 0.25) is 0 Å². The Morgan fingerprint density at radius 2 is 1.89 bits per heavy atom. The summed E-state index contributed by atoms with van der Waals surface area (Å²) >= 11 is 0. The highest BCUT2D eigenvalue weighted by Gasteiger charge is 2.21. The first-order chi connectivity index (χ1) is 17.0. The quantitative estimate of drug-likeness (QED) is 0.472. The smallest absolute Gasteiger partial charge is 0.200 e. The molecule has 3 aromatic rings. The van der Waals surface area contributed by atoms with Crippen molar-refractivity contribution in [2.75, 3.05) is 60.2 Å². The molecule has 1 aliphatic rings. The molecule has 0 unspecified atom stereocenters. The Morgan fingerprint density at radius 3 is 2.57 bits per heavy atom. The first kappa shape index (κ1) is 25.2. The highest BCUT2D eigenvalue weighted by atomic mass is 19.1. The van der Waals surface area contributed by atoms with E-state index in [1.165, 1.54) is 6.07 Å². The second-order valence-electron chi connectivity index (χ2n) is 8.87. The van der Waals surface area contributed by atoms with Crippen molar-refractivity contribution in [1.82, 2.24) is 14.8 Å². The minimum absolute atomic E-state index is 0.0177. The van der Waals surface area contributed by atoms with Gasteiger partial charge in [0.15, 0.2) is 0 Å². The number of ether oxygens (including phenoxy) is 3. The van der Waals surface area contributed by atoms with Crippen LogP contribution in [0.4, 0.5) is 4.39 Å². The normalized spacial score (nSPS) is 14.5. The van der Waals surface area contributed by atoms with Crippen LogP contribution in [0, 0.1) is 5.82 Å². The Hall–Kier alpha value is -2.94. The van der Waals surface area contributed by atoms with Gasteiger partial charge in [-0.2, -0.15) is 0 Å². The monoisotopic (exact) mass is 483 g/mol. The number of benzene rings is 2. The van der Waals surface area contributed by atoms with Gasteiger partial charge in [0.25, 0.3) is 0 Å². The van der Waals surface area contributed by atoms with Crippen molar-refractivity contribution in [1.29, 1.82) is 0 Å². The predicted molar refractivity (Wildman–Crippen MR) is 136 cm³/mol. The molecule has 1 fully saturated rings. The third kappa shape index (κ3) is 5.83. The molecular formula is C27H34FN3O4. The van der Waals surface area contributed by atoms with E-state index >= 15 is 0 Å². The average Bonchev–Trinajstić information content (AvgIpc) is 2.88. The Balaban J connectivity index is 1.74. The molecule has 0 amide bonds. The first-order valence-electron chi connectivity index (χ1n) is 12.1. The maximum Gasteiger partial charge on any atom is 0.200 e. The summed E-state index contributed by atoms with van der Waals surface area (Å²) in [6.45, 7) is 8.10. The van der Waals surface area contributed by atoms with Gasteiger partial charge in [-0.25, -0.2) is 4.39 Å². The van der Waals surface area contributed by atoms with E-state index in [0.29, 0.717) is 41.3 Å². The molecule has 2 aromatic carbocycles. The fraction of sp³-hybridized carbons (Fsp3) is 0.444. The lowest BCUT2D eigenvalue weighted by atomic mass is 9.99. The van der Waals surface area contributed by atoms with E-state index in [9.17, 15) is 9.18 Å². The van der Waals surface area contributed by atoms with Gasteiger partial charge in [-0.05, 0) is 43.3 Å². The molecule has 0 spiro atoms. The Kier molecular flexibility index (Phi) is 8.38. The van der Waals surface area contributed by atoms with Crippen molar-refractivity contribution in [3.63, 3.8) is 0 Å². The van der Waals surface area contributed by atoms with Crippen LogP contribution in [0.1, 0.15) is 19.0 Å². The maximum atomic E-state index is 15.0. The number of morpholine rings is 1. The van der Waals surface area contributed by atoms with Crippen molar-refractivity contribution < 1.29 is 18.6 Å². The van der Waals surface area contributed by atoms with Crippen LogP contribution < -0.4 is 14.9 Å². The summed E-state index contributed by atoms with van der Waals surface area (Å²) in [6.07, 6.45) is 0.810. The zero-order chi connectivity index (χ0) is 24.8. The Bertz CT molecular complexity index is 1190. The minimum atomic E-state index is -0.563. The van der Waals surface area contributed by atoms with Gasteiger partial charge >= 0.3 is 0 Å². The summed E-state index contributed by atoms with van der Waals surface area (Å²) in [6, 6.07) is 10.2. The van der Waals surface area contributed by atoms with Gasteiger partial charge in [0.05, 0.1) is 43.4 Å². The summed E-state index contributed by atoms with van der Waals surface area (Å²) < 4.78 is 31.5. The molecule has 0 radical (unpaired) electrons. The lowest BCUT2D eigenvalue weighted by Crippen LogP contribution is -2.40. The van der Waals surface area contributed by atoms with Crippen LogP contribution in [0.3, 0.4) is 0 Å². The SMILES string of the molecule is CCCOc1ccc(F)c2c(=O)c(-c3ccc(OC)cc3)c(CN(C)CCN3CCOCC3)[nH]c12. The Labute approximate surface area is 205 Å². The van der Waals surface area contributed by atoms with E-state index in [0.717, 1.165) is 51.5 Å². The van der Waals surface area contributed by atoms with E-state index < -0.39 is 5.82 Å². The van der Waals surface area contributed by atoms with Gasteiger partial charge in [-0.3, -0.25) is 14.6 Å². The number of nitrogens with zero attached hydrogens (tertiary/aromatic N) is 2. The predicted octanol–water partition coefficient (Wildman–Crippen LogP) is 3.90. The van der Waals surface area contributed by atoms with Crippen molar-refractivity contribution in [3.05, 3.63) is 58.1 Å². The van der Waals surface area contributed by atoms with Crippen molar-refractivity contribution >= 4 is 10.9 Å². The molecule has 7 nitrogen and oxygen atoms in total. The number of hydrogen-bond donors (Lipinski definition) is 1. The molecule has 1 aromatic heterocycles. The van der Waals surface area contributed by atoms with E-state index in [1.54, 1.807) is 13.2 Å². The number of pyridine rings is 1. The standard InChI is InChI=1S/C27H34FN3O4/c1-4-15-35-23-10-9-21(28)25-26(23)29-22(18-30(2)11-12-31-13-16-34-17-14-31)24(27(25)32)19-5-7-20(33-3)8-6-19/h5-10H,4,11-18H2,1-3H3,(H,29,32). The zero-order valence-electron chi connectivity index (χ0n) is 20.7. The van der Waals surface area contributed by atoms with Crippen LogP contribution in [0.5, 0.6) is 11.5 Å². The molecule has 4 rings (SSSR count). The van der Waals surface area contributed by atoms with E-state index in [1.807, 2.05) is 38.2 Å². The third-order valence-electron chi connectivity index (χ3n) is 6.32. The summed E-state index contributed by atoms with van der Waals surface area (Å²) in [4.78, 5) is 21.7. The number of likely N-dealkylation sites (N-methyl/N-ethyl adjacent to an activating group) is 1. The summed E-state index contributed by atoms with van der Waals surface area (Å²) in [5.74, 6) is 0.613. The van der Waals surface area contributed by atoms with Crippen molar-refractivity contribution in [2.24, 2.45) is 0 Å². The van der Waals surface area contributed by atoms with E-state index in [2.05, 4.69) is 14.8 Å². The summed E-state index contributed by atoms with van der Waals surface area (Å²) in [7, 11) is 3.63. The molecule has 1 aliphatic heterocycles. The molecular weight excluding hydrogens is 449 g/mol. The number of methoxy groups -OCH3 is 1. The fourth-order valence-electron chi connectivity index (χ4n) is 4.38. The largest absolute Gasteiger partial charge is 0.497 e. The average molecular weight is 484 g/mol. The number of hydrogen-bond acceptors (Lipinski definition) is 6. The molecule has 0 bridgehead atoms. The van der Waals surface area contributed by atoms with Crippen molar-refractivity contribution in [3.8, 4) is 22.6 Å². The van der Waals surface area contributed by atoms with Gasteiger partial charge in [0.2, 0.25) is 5.43 Å². The van der Waals surface area contributed by atoms with Crippen LogP contribution in [-0.4, -0.2) is 74.9 Å². The molecule has 1 N–H and O–H groups in total. The molecule has 35 heavy (non-hydrogen) atoms. The topological polar surface area (TPSA) is 67.0 Å². The second kappa shape index (κ2) is 11.7. The third-order valence-corrected chi connectivity index (χ3v) is 6.32. The second-order valence-corrected chi connectivity index (χ2v) is 8.87. The van der Waals surface area contributed by atoms with Crippen molar-refractivity contribution in [2.45, 2.75) is 19.9 Å². The number of H-pyrrole nitrogens is 1. The fourth-order valence-corrected chi connectivity index (χ4v) is 4.38. The first-order valence-corrected chi connectivity index (χ1v) is 12.1. The highest BCUT2D eigenvalue weighted by molar-refractivity contribution is 5.89. The highest BCUT2D eigenvalue weighted by Crippen LogP contribution is 2.30. The van der Waals surface area contributed by atoms with Crippen LogP contribution >= 0.6 is 0 Å². The number of aromatic nitrogens is 1. The van der Waals surface area contributed by atoms with E-state index in [-0.39, 0.29) is 10.8 Å². The Morgan fingerprint density at radius 1 is 1.14 bits per heavy atom. The number of fused-ring (bicyclic) bond motifs is 1. The molecule has 0 atom stereocenters. The van der Waals surface area contributed by atoms with Crippen LogP contribution in [0.15, 0.2) is 41.2 Å². The number of halogens is 1. The molecule has 188 valence electrons. The molecule has 0 aliphatic carbocycles. The molecule has 2 heterocycles. The van der Waals surface area contributed by atoms with E-state index in [4.69, 9.17) is 14.2 Å². The summed E-state index contributed by atoms with van der Waals surface area (Å²) in [5.41, 5.74) is 1.95. The molecule has 8 heteroatoms.